The lowest BCUT2D eigenvalue weighted by Gasteiger charge is -2.08. The third kappa shape index (κ3) is 6.27. The number of anilines is 1. The highest BCUT2D eigenvalue weighted by Gasteiger charge is 2.20. The Bertz CT molecular complexity index is 581. The Kier molecular flexibility index (Phi) is 7.17. The van der Waals surface area contributed by atoms with Gasteiger partial charge in [-0.2, -0.15) is 0 Å². The summed E-state index contributed by atoms with van der Waals surface area (Å²) in [6, 6.07) is 0. The molecule has 1 aliphatic rings. The van der Waals surface area contributed by atoms with E-state index in [1.165, 1.54) is 11.3 Å². The number of aromatic nitrogens is 1. The molecule has 0 saturated heterocycles. The molecule has 0 unspecified atom stereocenters. The summed E-state index contributed by atoms with van der Waals surface area (Å²) in [7, 11) is 0. The van der Waals surface area contributed by atoms with Crippen LogP contribution in [0.1, 0.15) is 44.7 Å². The predicted molar refractivity (Wildman–Crippen MR) is 88.6 cm³/mol. The molecule has 0 aromatic carbocycles. The molecule has 0 bridgehead atoms. The van der Waals surface area contributed by atoms with Crippen molar-refractivity contribution in [1.29, 1.82) is 0 Å². The Morgan fingerprint density at radius 1 is 1.25 bits per heavy atom. The Hall–Kier alpha value is -1.96. The van der Waals surface area contributed by atoms with Gasteiger partial charge >= 0.3 is 11.9 Å². The largest absolute Gasteiger partial charge is 0.466 e. The van der Waals surface area contributed by atoms with Crippen LogP contribution in [0.2, 0.25) is 0 Å². The first-order chi connectivity index (χ1) is 11.6. The van der Waals surface area contributed by atoms with Crippen molar-refractivity contribution in [2.24, 2.45) is 5.92 Å². The van der Waals surface area contributed by atoms with Gasteiger partial charge in [0.05, 0.1) is 18.7 Å². The highest BCUT2D eigenvalue weighted by Crippen LogP contribution is 2.27. The van der Waals surface area contributed by atoms with Gasteiger partial charge in [-0.05, 0) is 25.7 Å². The van der Waals surface area contributed by atoms with E-state index < -0.39 is 5.91 Å². The fourth-order valence-corrected chi connectivity index (χ4v) is 3.34. The third-order valence-corrected chi connectivity index (χ3v) is 4.53. The second-order valence-corrected chi connectivity index (χ2v) is 6.55. The van der Waals surface area contributed by atoms with Crippen LogP contribution in [0.5, 0.6) is 0 Å². The molecular weight excluding hydrogens is 332 g/mol. The SMILES string of the molecule is CCOC(=O)Cc1csc(NC(=O)COC(=O)CC2CCCC2)n1. The summed E-state index contributed by atoms with van der Waals surface area (Å²) >= 11 is 1.21. The molecule has 8 heteroatoms. The quantitative estimate of drug-likeness (QED) is 0.720. The fourth-order valence-electron chi connectivity index (χ4n) is 2.62. The van der Waals surface area contributed by atoms with Crippen LogP contribution in [-0.4, -0.2) is 36.0 Å². The molecule has 1 heterocycles. The van der Waals surface area contributed by atoms with Gasteiger partial charge in [0.15, 0.2) is 11.7 Å². The van der Waals surface area contributed by atoms with Crippen molar-refractivity contribution in [1.82, 2.24) is 4.98 Å². The zero-order valence-corrected chi connectivity index (χ0v) is 14.5. The molecule has 1 aliphatic carbocycles. The second kappa shape index (κ2) is 9.36. The number of amides is 1. The number of nitrogens with zero attached hydrogens (tertiary/aromatic N) is 1. The average molecular weight is 354 g/mol. The maximum absolute atomic E-state index is 11.8. The Labute approximate surface area is 144 Å². The Morgan fingerprint density at radius 2 is 2.00 bits per heavy atom. The van der Waals surface area contributed by atoms with Gasteiger partial charge in [-0.25, -0.2) is 4.98 Å². The van der Waals surface area contributed by atoms with Crippen molar-refractivity contribution in [2.75, 3.05) is 18.5 Å². The first kappa shape index (κ1) is 18.4. The van der Waals surface area contributed by atoms with Crippen molar-refractivity contribution >= 4 is 34.3 Å². The standard InChI is InChI=1S/C16H22N2O5S/c1-2-22-15(21)8-12-10-24-16(17-12)18-13(19)9-23-14(20)7-11-5-3-4-6-11/h10-11H,2-9H2,1H3,(H,17,18,19). The van der Waals surface area contributed by atoms with Crippen LogP contribution in [-0.2, 0) is 30.3 Å². The molecule has 7 nitrogen and oxygen atoms in total. The molecule has 0 atom stereocenters. The van der Waals surface area contributed by atoms with Gasteiger partial charge in [0.1, 0.15) is 0 Å². The van der Waals surface area contributed by atoms with Crippen molar-refractivity contribution in [3.8, 4) is 0 Å². The van der Waals surface area contributed by atoms with E-state index in [0.717, 1.165) is 25.7 Å². The van der Waals surface area contributed by atoms with E-state index in [4.69, 9.17) is 9.47 Å². The maximum Gasteiger partial charge on any atom is 0.311 e. The van der Waals surface area contributed by atoms with E-state index in [-0.39, 0.29) is 25.0 Å². The number of carbonyl (C=O) groups is 3. The zero-order chi connectivity index (χ0) is 17.4. The van der Waals surface area contributed by atoms with E-state index in [0.29, 0.717) is 29.8 Å². The molecular formula is C16H22N2O5S. The lowest BCUT2D eigenvalue weighted by molar-refractivity contribution is -0.148. The van der Waals surface area contributed by atoms with E-state index in [1.807, 2.05) is 0 Å². The summed E-state index contributed by atoms with van der Waals surface area (Å²) < 4.78 is 9.83. The van der Waals surface area contributed by atoms with E-state index in [2.05, 4.69) is 10.3 Å². The average Bonchev–Trinajstić information content (AvgIpc) is 3.18. The molecule has 2 rings (SSSR count). The van der Waals surface area contributed by atoms with Crippen LogP contribution in [0.3, 0.4) is 0 Å². The Balaban J connectivity index is 1.69. The maximum atomic E-state index is 11.8. The van der Waals surface area contributed by atoms with Gasteiger partial charge in [-0.3, -0.25) is 19.7 Å². The molecule has 1 fully saturated rings. The lowest BCUT2D eigenvalue weighted by Crippen LogP contribution is -2.21. The van der Waals surface area contributed by atoms with Gasteiger partial charge in [-0.15, -0.1) is 11.3 Å². The topological polar surface area (TPSA) is 94.6 Å². The lowest BCUT2D eigenvalue weighted by atomic mass is 10.1. The normalized spacial score (nSPS) is 14.4. The molecule has 1 saturated carbocycles. The first-order valence-electron chi connectivity index (χ1n) is 8.12. The minimum absolute atomic E-state index is 0.0661. The van der Waals surface area contributed by atoms with Crippen molar-refractivity contribution < 1.29 is 23.9 Å². The van der Waals surface area contributed by atoms with Gasteiger partial charge < -0.3 is 9.47 Å². The van der Waals surface area contributed by atoms with Crippen molar-refractivity contribution in [2.45, 2.75) is 45.4 Å². The highest BCUT2D eigenvalue weighted by atomic mass is 32.1. The first-order valence-corrected chi connectivity index (χ1v) is 9.00. The zero-order valence-electron chi connectivity index (χ0n) is 13.7. The van der Waals surface area contributed by atoms with Crippen LogP contribution < -0.4 is 5.32 Å². The molecule has 1 N–H and O–H groups in total. The van der Waals surface area contributed by atoms with E-state index in [9.17, 15) is 14.4 Å². The van der Waals surface area contributed by atoms with Crippen LogP contribution in [0.4, 0.5) is 5.13 Å². The number of hydrogen-bond acceptors (Lipinski definition) is 7. The van der Waals surface area contributed by atoms with Gasteiger partial charge in [0.2, 0.25) is 0 Å². The summed E-state index contributed by atoms with van der Waals surface area (Å²) in [6.45, 7) is 1.73. The molecule has 1 aromatic rings. The van der Waals surface area contributed by atoms with Crippen molar-refractivity contribution in [3.05, 3.63) is 11.1 Å². The number of esters is 2. The van der Waals surface area contributed by atoms with Gasteiger partial charge in [-0.1, -0.05) is 12.8 Å². The van der Waals surface area contributed by atoms with Crippen LogP contribution in [0, 0.1) is 5.92 Å². The molecule has 132 valence electrons. The minimum Gasteiger partial charge on any atom is -0.466 e. The number of hydrogen-bond donors (Lipinski definition) is 1. The van der Waals surface area contributed by atoms with E-state index in [1.54, 1.807) is 12.3 Å². The summed E-state index contributed by atoms with van der Waals surface area (Å²) in [6.07, 6.45) is 4.89. The molecule has 24 heavy (non-hydrogen) atoms. The number of thiazole rings is 1. The number of rotatable bonds is 8. The Morgan fingerprint density at radius 3 is 2.71 bits per heavy atom. The molecule has 1 amide bonds. The summed E-state index contributed by atoms with van der Waals surface area (Å²) in [4.78, 5) is 38.9. The molecule has 0 radical (unpaired) electrons. The minimum atomic E-state index is -0.438. The van der Waals surface area contributed by atoms with Crippen LogP contribution >= 0.6 is 11.3 Å². The van der Waals surface area contributed by atoms with E-state index >= 15 is 0 Å². The summed E-state index contributed by atoms with van der Waals surface area (Å²) in [5, 5.41) is 4.60. The summed E-state index contributed by atoms with van der Waals surface area (Å²) in [5.74, 6) is -0.738. The number of carbonyl (C=O) groups excluding carboxylic acids is 3. The predicted octanol–water partition coefficient (Wildman–Crippen LogP) is 2.31. The second-order valence-electron chi connectivity index (χ2n) is 5.69. The monoisotopic (exact) mass is 354 g/mol. The third-order valence-electron chi connectivity index (χ3n) is 3.72. The smallest absolute Gasteiger partial charge is 0.311 e. The highest BCUT2D eigenvalue weighted by molar-refractivity contribution is 7.13. The number of nitrogens with one attached hydrogen (secondary N) is 1. The molecule has 0 aliphatic heterocycles. The summed E-state index contributed by atoms with van der Waals surface area (Å²) in [5.41, 5.74) is 0.534. The molecule has 0 spiro atoms. The van der Waals surface area contributed by atoms with Crippen molar-refractivity contribution in [3.63, 3.8) is 0 Å². The van der Waals surface area contributed by atoms with Gasteiger partial charge in [0.25, 0.3) is 5.91 Å². The molecule has 1 aromatic heterocycles. The number of ether oxygens (including phenoxy) is 2. The van der Waals surface area contributed by atoms with Crippen LogP contribution in [0.15, 0.2) is 5.38 Å². The van der Waals surface area contributed by atoms with Gasteiger partial charge in [0, 0.05) is 11.8 Å². The fraction of sp³-hybridized carbons (Fsp3) is 0.625. The van der Waals surface area contributed by atoms with Crippen LogP contribution in [0.25, 0.3) is 0 Å².